The van der Waals surface area contributed by atoms with Gasteiger partial charge in [0.2, 0.25) is 0 Å². The Balaban J connectivity index is 2.48. The van der Waals surface area contributed by atoms with Crippen molar-refractivity contribution < 1.29 is 4.52 Å². The fourth-order valence-electron chi connectivity index (χ4n) is 2.13. The predicted molar refractivity (Wildman–Crippen MR) is 70.8 cm³/mol. The molecule has 0 bridgehead atoms. The molecule has 0 aliphatic carbocycles. The lowest BCUT2D eigenvalue weighted by Crippen LogP contribution is -2.17. The smallest absolute Gasteiger partial charge is 0.159 e. The third kappa shape index (κ3) is 3.93. The molecule has 0 aliphatic rings. The van der Waals surface area contributed by atoms with Crippen LogP contribution in [0, 0.1) is 12.3 Å². The zero-order valence-electron chi connectivity index (χ0n) is 11.3. The minimum Gasteiger partial charge on any atom is -0.363 e. The van der Waals surface area contributed by atoms with Gasteiger partial charge in [-0.3, -0.25) is 0 Å². The third-order valence-corrected chi connectivity index (χ3v) is 3.34. The van der Waals surface area contributed by atoms with Gasteiger partial charge >= 0.3 is 0 Å². The van der Waals surface area contributed by atoms with Gasteiger partial charge in [-0.2, -0.15) is 0 Å². The monoisotopic (exact) mass is 233 g/mol. The van der Waals surface area contributed by atoms with Crippen LogP contribution in [0.1, 0.15) is 70.6 Å². The van der Waals surface area contributed by atoms with E-state index in [2.05, 4.69) is 31.8 Å². The molecule has 17 heavy (non-hydrogen) atoms. The lowest BCUT2D eigenvalue weighted by Gasteiger charge is -2.23. The van der Waals surface area contributed by atoms with Crippen molar-refractivity contribution in [3.05, 3.63) is 17.5 Å². The van der Waals surface area contributed by atoms with Crippen LogP contribution in [0.15, 0.2) is 10.8 Å². The number of hydrogen-bond acceptors (Lipinski definition) is 2. The molecule has 2 heteroatoms. The molecule has 1 heterocycles. The first kappa shape index (κ1) is 13.8. The second kappa shape index (κ2) is 6.49. The van der Waals surface area contributed by atoms with Gasteiger partial charge in [0, 0.05) is 5.56 Å². The average molecular weight is 233 g/mol. The molecule has 0 saturated carbocycles. The molecule has 0 saturated heterocycles. The molecule has 1 rings (SSSR count). The molecule has 0 aliphatic heterocycles. The van der Waals surface area contributed by atoms with E-state index in [1.165, 1.54) is 32.1 Å². The van der Waals surface area contributed by atoms with E-state index >= 15 is 0 Å². The molecule has 0 aromatic carbocycles. The maximum absolute atomic E-state index is 5.41. The molecule has 94 valence electrons. The first-order valence-electron chi connectivity index (χ1n) is 6.53. The number of nitrogens with zero attached hydrogens (tertiary/aromatic N) is 1. The quantitative estimate of drug-likeness (QED) is 0.518. The summed E-state index contributed by atoms with van der Waals surface area (Å²) >= 11 is 0. The highest BCUT2D eigenvalue weighted by Gasteiger charge is 2.25. The van der Waals surface area contributed by atoms with Gasteiger partial charge in [0.25, 0.3) is 0 Å². The van der Waals surface area contributed by atoms with Gasteiger partial charge in [0.1, 0.15) is 6.26 Å². The van der Waals surface area contributed by atoms with Crippen molar-refractivity contribution in [1.82, 2.24) is 5.16 Å². The Morgan fingerprint density at radius 1 is 1.29 bits per heavy atom. The summed E-state index contributed by atoms with van der Waals surface area (Å²) in [5.74, 6) is 2.59. The van der Waals surface area contributed by atoms with Crippen LogP contribution in [0.4, 0.5) is 0 Å². The van der Waals surface area contributed by atoms with Crippen LogP contribution >= 0.6 is 0 Å². The lowest BCUT2D eigenvalue weighted by atomic mass is 9.80. The normalized spacial score (nSPS) is 11.4. The third-order valence-electron chi connectivity index (χ3n) is 3.34. The van der Waals surface area contributed by atoms with E-state index in [0.29, 0.717) is 5.69 Å². The van der Waals surface area contributed by atoms with Crippen molar-refractivity contribution in [1.29, 1.82) is 0 Å². The molecular weight excluding hydrogens is 210 g/mol. The Kier molecular flexibility index (Phi) is 5.28. The summed E-state index contributed by atoms with van der Waals surface area (Å²) in [6.45, 7) is 6.65. The maximum Gasteiger partial charge on any atom is 0.159 e. The largest absolute Gasteiger partial charge is 0.363 e. The fraction of sp³-hybridized carbons (Fsp3) is 0.667. The Bertz CT molecular complexity index is 371. The zero-order valence-corrected chi connectivity index (χ0v) is 11.3. The van der Waals surface area contributed by atoms with Gasteiger partial charge < -0.3 is 4.52 Å². The molecule has 0 N–H and O–H groups in total. The topological polar surface area (TPSA) is 26.0 Å². The summed E-state index contributed by atoms with van der Waals surface area (Å²) in [4.78, 5) is 0. The second-order valence-corrected chi connectivity index (χ2v) is 5.27. The van der Waals surface area contributed by atoms with Gasteiger partial charge in [-0.15, -0.1) is 6.42 Å². The molecule has 0 fully saturated rings. The summed E-state index contributed by atoms with van der Waals surface area (Å²) in [6, 6.07) is 0. The van der Waals surface area contributed by atoms with Gasteiger partial charge in [0.05, 0.1) is 0 Å². The van der Waals surface area contributed by atoms with Crippen molar-refractivity contribution in [3.63, 3.8) is 0 Å². The number of unbranched alkanes of at least 4 members (excludes halogenated alkanes) is 4. The van der Waals surface area contributed by atoms with Crippen LogP contribution in [-0.2, 0) is 5.41 Å². The van der Waals surface area contributed by atoms with E-state index in [1.54, 1.807) is 6.26 Å². The highest BCUT2D eigenvalue weighted by atomic mass is 16.5. The van der Waals surface area contributed by atoms with E-state index in [9.17, 15) is 0 Å². The summed E-state index contributed by atoms with van der Waals surface area (Å²) in [6.07, 6.45) is 14.7. The zero-order chi connectivity index (χ0) is 12.7. The van der Waals surface area contributed by atoms with Crippen LogP contribution in [0.3, 0.4) is 0 Å². The van der Waals surface area contributed by atoms with E-state index in [1.807, 2.05) is 0 Å². The predicted octanol–water partition coefficient (Wildman–Crippen LogP) is 4.29. The average Bonchev–Trinajstić information content (AvgIpc) is 2.77. The van der Waals surface area contributed by atoms with Crippen LogP contribution in [-0.4, -0.2) is 5.16 Å². The van der Waals surface area contributed by atoms with Crippen molar-refractivity contribution in [2.75, 3.05) is 0 Å². The minimum atomic E-state index is 0.0634. The summed E-state index contributed by atoms with van der Waals surface area (Å²) in [7, 11) is 0. The lowest BCUT2D eigenvalue weighted by molar-refractivity contribution is 0.407. The molecule has 0 radical (unpaired) electrons. The van der Waals surface area contributed by atoms with Crippen molar-refractivity contribution in [3.8, 4) is 12.3 Å². The Morgan fingerprint density at radius 3 is 2.65 bits per heavy atom. The molecule has 1 aromatic rings. The highest BCUT2D eigenvalue weighted by molar-refractivity contribution is 5.35. The first-order valence-corrected chi connectivity index (χ1v) is 6.53. The molecule has 2 nitrogen and oxygen atoms in total. The SMILES string of the molecule is C#Cc1nocc1C(C)(C)CCCCCCC. The van der Waals surface area contributed by atoms with Crippen LogP contribution in [0.25, 0.3) is 0 Å². The molecule has 1 aromatic heterocycles. The van der Waals surface area contributed by atoms with Gasteiger partial charge in [-0.05, 0) is 17.8 Å². The molecule has 0 spiro atoms. The Hall–Kier alpha value is -1.23. The van der Waals surface area contributed by atoms with Crippen molar-refractivity contribution >= 4 is 0 Å². The minimum absolute atomic E-state index is 0.0634. The van der Waals surface area contributed by atoms with Gasteiger partial charge in [0.15, 0.2) is 5.69 Å². The number of aromatic nitrogens is 1. The van der Waals surface area contributed by atoms with E-state index in [4.69, 9.17) is 10.9 Å². The van der Waals surface area contributed by atoms with Crippen LogP contribution < -0.4 is 0 Å². The molecule has 0 unspecified atom stereocenters. The van der Waals surface area contributed by atoms with Crippen molar-refractivity contribution in [2.45, 2.75) is 64.7 Å². The molecule has 0 amide bonds. The van der Waals surface area contributed by atoms with Gasteiger partial charge in [-0.1, -0.05) is 58.0 Å². The van der Waals surface area contributed by atoms with Gasteiger partial charge in [-0.25, -0.2) is 0 Å². The molecular formula is C15H23NO. The number of hydrogen-bond donors (Lipinski definition) is 0. The molecule has 0 atom stereocenters. The van der Waals surface area contributed by atoms with Crippen molar-refractivity contribution in [2.24, 2.45) is 0 Å². The Morgan fingerprint density at radius 2 is 2.00 bits per heavy atom. The standard InChI is InChI=1S/C15H23NO/c1-5-7-8-9-10-11-15(3,4)13-12-17-16-14(13)6-2/h2,12H,5,7-11H2,1,3-4H3. The number of terminal acetylenes is 1. The maximum atomic E-state index is 5.41. The summed E-state index contributed by atoms with van der Waals surface area (Å²) in [5, 5.41) is 3.85. The van der Waals surface area contributed by atoms with Crippen LogP contribution in [0.2, 0.25) is 0 Å². The number of rotatable bonds is 7. The first-order chi connectivity index (χ1) is 8.11. The van der Waals surface area contributed by atoms with E-state index in [-0.39, 0.29) is 5.41 Å². The fourth-order valence-corrected chi connectivity index (χ4v) is 2.13. The van der Waals surface area contributed by atoms with Crippen LogP contribution in [0.5, 0.6) is 0 Å². The highest BCUT2D eigenvalue weighted by Crippen LogP contribution is 2.31. The second-order valence-electron chi connectivity index (χ2n) is 5.27. The summed E-state index contributed by atoms with van der Waals surface area (Å²) < 4.78 is 4.98. The van der Waals surface area contributed by atoms with E-state index in [0.717, 1.165) is 12.0 Å². The van der Waals surface area contributed by atoms with E-state index < -0.39 is 0 Å². The Labute approximate surface area is 105 Å². The summed E-state index contributed by atoms with van der Waals surface area (Å²) in [5.41, 5.74) is 1.78.